The molecule has 1 fully saturated rings. The summed E-state index contributed by atoms with van der Waals surface area (Å²) in [4.78, 5) is 5.15. The molecule has 2 heteroatoms. The van der Waals surface area contributed by atoms with Crippen LogP contribution in [0.5, 0.6) is 0 Å². The van der Waals surface area contributed by atoms with E-state index < -0.39 is 0 Å². The van der Waals surface area contributed by atoms with E-state index in [4.69, 9.17) is 6.42 Å². The Morgan fingerprint density at radius 1 is 1.00 bits per heavy atom. The van der Waals surface area contributed by atoms with Crippen LogP contribution in [-0.4, -0.2) is 42.5 Å². The molecule has 29 heavy (non-hydrogen) atoms. The zero-order valence-corrected chi connectivity index (χ0v) is 17.9. The topological polar surface area (TPSA) is 6.48 Å². The van der Waals surface area contributed by atoms with E-state index in [0.29, 0.717) is 6.04 Å². The van der Waals surface area contributed by atoms with Gasteiger partial charge in [-0.25, -0.2) is 0 Å². The number of hydrogen-bond donors (Lipinski definition) is 0. The van der Waals surface area contributed by atoms with Gasteiger partial charge in [-0.15, -0.1) is 6.42 Å². The number of terminal acetylenes is 1. The molecule has 0 N–H and O–H groups in total. The number of aryl methyl sites for hydroxylation is 1. The maximum Gasteiger partial charge on any atom is 0.0602 e. The van der Waals surface area contributed by atoms with E-state index >= 15 is 0 Å². The molecule has 0 aliphatic carbocycles. The van der Waals surface area contributed by atoms with Crippen LogP contribution >= 0.6 is 0 Å². The summed E-state index contributed by atoms with van der Waals surface area (Å²) in [5.41, 5.74) is 6.33. The van der Waals surface area contributed by atoms with Gasteiger partial charge in [0.15, 0.2) is 0 Å². The average molecular weight is 385 g/mol. The van der Waals surface area contributed by atoms with Crippen molar-refractivity contribution in [2.24, 2.45) is 0 Å². The highest BCUT2D eigenvalue weighted by atomic mass is 15.3. The van der Waals surface area contributed by atoms with Gasteiger partial charge in [0, 0.05) is 32.7 Å². The SMILES string of the molecule is C#C/C(C)=C\C(=C/C)CN1CCN(C(c2ccccc2)c2ccc(C)cc2)CC1. The maximum absolute atomic E-state index is 5.51. The van der Waals surface area contributed by atoms with Gasteiger partial charge >= 0.3 is 0 Å². The van der Waals surface area contributed by atoms with E-state index in [1.807, 2.05) is 6.92 Å². The van der Waals surface area contributed by atoms with Crippen LogP contribution in [0.25, 0.3) is 0 Å². The Morgan fingerprint density at radius 3 is 2.21 bits per heavy atom. The van der Waals surface area contributed by atoms with Crippen molar-refractivity contribution in [1.82, 2.24) is 9.80 Å². The maximum atomic E-state index is 5.51. The van der Waals surface area contributed by atoms with Gasteiger partial charge in [-0.1, -0.05) is 72.2 Å². The van der Waals surface area contributed by atoms with Crippen molar-refractivity contribution >= 4 is 0 Å². The third kappa shape index (κ3) is 5.70. The predicted molar refractivity (Wildman–Crippen MR) is 124 cm³/mol. The molecule has 2 aromatic carbocycles. The molecule has 2 nitrogen and oxygen atoms in total. The summed E-state index contributed by atoms with van der Waals surface area (Å²) in [6.07, 6.45) is 9.82. The molecule has 3 rings (SSSR count). The Kier molecular flexibility index (Phi) is 7.47. The highest BCUT2D eigenvalue weighted by molar-refractivity contribution is 5.34. The fourth-order valence-corrected chi connectivity index (χ4v) is 3.98. The Labute approximate surface area is 176 Å². The quantitative estimate of drug-likeness (QED) is 0.497. The van der Waals surface area contributed by atoms with Crippen molar-refractivity contribution in [3.05, 3.63) is 94.6 Å². The summed E-state index contributed by atoms with van der Waals surface area (Å²) in [5.74, 6) is 2.72. The van der Waals surface area contributed by atoms with E-state index in [2.05, 4.69) is 96.3 Å². The molecule has 0 spiro atoms. The molecule has 0 saturated carbocycles. The lowest BCUT2D eigenvalue weighted by Gasteiger charge is -2.40. The fraction of sp³-hybridized carbons (Fsp3) is 0.333. The Morgan fingerprint density at radius 2 is 1.62 bits per heavy atom. The molecule has 150 valence electrons. The second kappa shape index (κ2) is 10.3. The number of allylic oxidation sites excluding steroid dienone is 2. The minimum Gasteiger partial charge on any atom is -0.297 e. The van der Waals surface area contributed by atoms with E-state index in [-0.39, 0.29) is 0 Å². The predicted octanol–water partition coefficient (Wildman–Crippen LogP) is 5.23. The first-order chi connectivity index (χ1) is 14.1. The van der Waals surface area contributed by atoms with Crippen LogP contribution in [-0.2, 0) is 0 Å². The summed E-state index contributed by atoms with van der Waals surface area (Å²) in [6.45, 7) is 11.4. The molecular weight excluding hydrogens is 352 g/mol. The summed E-state index contributed by atoms with van der Waals surface area (Å²) in [5, 5.41) is 0. The van der Waals surface area contributed by atoms with Crippen LogP contribution in [0.3, 0.4) is 0 Å². The molecule has 1 atom stereocenters. The van der Waals surface area contributed by atoms with E-state index in [1.165, 1.54) is 22.3 Å². The first kappa shape index (κ1) is 21.1. The van der Waals surface area contributed by atoms with Crippen LogP contribution in [0.4, 0.5) is 0 Å². The molecule has 1 heterocycles. The molecule has 0 radical (unpaired) electrons. The summed E-state index contributed by atoms with van der Waals surface area (Å²) >= 11 is 0. The lowest BCUT2D eigenvalue weighted by atomic mass is 9.95. The van der Waals surface area contributed by atoms with Gasteiger partial charge in [0.2, 0.25) is 0 Å². The first-order valence-electron chi connectivity index (χ1n) is 10.5. The van der Waals surface area contributed by atoms with Crippen molar-refractivity contribution in [2.45, 2.75) is 26.8 Å². The number of piperazine rings is 1. The summed E-state index contributed by atoms with van der Waals surface area (Å²) < 4.78 is 0. The Bertz CT molecular complexity index is 876. The molecule has 1 aliphatic rings. The lowest BCUT2D eigenvalue weighted by molar-refractivity contribution is 0.116. The zero-order chi connectivity index (χ0) is 20.6. The van der Waals surface area contributed by atoms with E-state index in [1.54, 1.807) is 0 Å². The number of rotatable bonds is 6. The molecule has 0 aromatic heterocycles. The van der Waals surface area contributed by atoms with Gasteiger partial charge < -0.3 is 0 Å². The van der Waals surface area contributed by atoms with Crippen molar-refractivity contribution in [1.29, 1.82) is 0 Å². The summed E-state index contributed by atoms with van der Waals surface area (Å²) in [6, 6.07) is 20.2. The second-order valence-electron chi connectivity index (χ2n) is 7.87. The van der Waals surface area contributed by atoms with Gasteiger partial charge in [-0.05, 0) is 49.1 Å². The molecule has 2 aromatic rings. The molecule has 1 saturated heterocycles. The largest absolute Gasteiger partial charge is 0.297 e. The van der Waals surface area contributed by atoms with Crippen molar-refractivity contribution in [2.75, 3.05) is 32.7 Å². The van der Waals surface area contributed by atoms with Crippen molar-refractivity contribution < 1.29 is 0 Å². The fourth-order valence-electron chi connectivity index (χ4n) is 3.98. The number of benzene rings is 2. The highest BCUT2D eigenvalue weighted by Gasteiger charge is 2.26. The molecule has 1 unspecified atom stereocenters. The van der Waals surface area contributed by atoms with Gasteiger partial charge in [0.25, 0.3) is 0 Å². The van der Waals surface area contributed by atoms with Crippen LogP contribution in [0.15, 0.2) is 77.9 Å². The minimum atomic E-state index is 0.309. The monoisotopic (exact) mass is 384 g/mol. The van der Waals surface area contributed by atoms with Crippen LogP contribution in [0, 0.1) is 19.3 Å². The number of hydrogen-bond acceptors (Lipinski definition) is 2. The van der Waals surface area contributed by atoms with E-state index in [0.717, 1.165) is 38.3 Å². The molecular formula is C27H32N2. The number of nitrogens with zero attached hydrogens (tertiary/aromatic N) is 2. The van der Waals surface area contributed by atoms with Crippen LogP contribution in [0.1, 0.15) is 36.6 Å². The van der Waals surface area contributed by atoms with Gasteiger partial charge in [0.1, 0.15) is 0 Å². The van der Waals surface area contributed by atoms with Gasteiger partial charge in [-0.3, -0.25) is 9.80 Å². The molecule has 0 amide bonds. The Hall–Kier alpha value is -2.60. The van der Waals surface area contributed by atoms with Crippen LogP contribution < -0.4 is 0 Å². The van der Waals surface area contributed by atoms with Crippen molar-refractivity contribution in [3.8, 4) is 12.3 Å². The van der Waals surface area contributed by atoms with E-state index in [9.17, 15) is 0 Å². The zero-order valence-electron chi connectivity index (χ0n) is 17.9. The third-order valence-electron chi connectivity index (χ3n) is 5.69. The minimum absolute atomic E-state index is 0.309. The molecule has 0 bridgehead atoms. The second-order valence-corrected chi connectivity index (χ2v) is 7.87. The Balaban J connectivity index is 1.72. The van der Waals surface area contributed by atoms with Gasteiger partial charge in [0.05, 0.1) is 6.04 Å². The highest BCUT2D eigenvalue weighted by Crippen LogP contribution is 2.30. The van der Waals surface area contributed by atoms with Crippen molar-refractivity contribution in [3.63, 3.8) is 0 Å². The third-order valence-corrected chi connectivity index (χ3v) is 5.69. The lowest BCUT2D eigenvalue weighted by Crippen LogP contribution is -2.48. The normalized spacial score (nSPS) is 17.7. The van der Waals surface area contributed by atoms with Crippen LogP contribution in [0.2, 0.25) is 0 Å². The van der Waals surface area contributed by atoms with Gasteiger partial charge in [-0.2, -0.15) is 0 Å². The standard InChI is InChI=1S/C27H32N2/c1-5-22(3)20-24(6-2)21-28-16-18-29(19-17-28)27(25-10-8-7-9-11-25)26-14-12-23(4)13-15-26/h1,6-15,20,27H,16-19,21H2,2-4H3/b22-20-,24-6+. The average Bonchev–Trinajstić information content (AvgIpc) is 2.76. The first-order valence-corrected chi connectivity index (χ1v) is 10.5. The summed E-state index contributed by atoms with van der Waals surface area (Å²) in [7, 11) is 0. The molecule has 1 aliphatic heterocycles. The smallest absolute Gasteiger partial charge is 0.0602 e.